The highest BCUT2D eigenvalue weighted by atomic mass is 32.1. The van der Waals surface area contributed by atoms with Crippen molar-refractivity contribution in [1.82, 2.24) is 9.88 Å². The first-order chi connectivity index (χ1) is 17.3. The number of fused-ring (bicyclic) bond motifs is 2. The van der Waals surface area contributed by atoms with E-state index in [-0.39, 0.29) is 11.3 Å². The highest BCUT2D eigenvalue weighted by Crippen LogP contribution is 2.45. The average Bonchev–Trinajstić information content (AvgIpc) is 3.58. The topological polar surface area (TPSA) is 59.5 Å². The van der Waals surface area contributed by atoms with Gasteiger partial charge in [0, 0.05) is 40.3 Å². The van der Waals surface area contributed by atoms with Crippen LogP contribution in [-0.2, 0) is 25.9 Å². The molecule has 1 amide bonds. The lowest BCUT2D eigenvalue weighted by Gasteiger charge is -2.33. The number of thiophene rings is 1. The van der Waals surface area contributed by atoms with E-state index in [0.717, 1.165) is 58.6 Å². The molecule has 36 heavy (non-hydrogen) atoms. The summed E-state index contributed by atoms with van der Waals surface area (Å²) in [5.41, 5.74) is 4.31. The molecule has 6 heteroatoms. The third-order valence-corrected chi connectivity index (χ3v) is 8.33. The van der Waals surface area contributed by atoms with Crippen molar-refractivity contribution in [1.29, 1.82) is 0 Å². The zero-order valence-electron chi connectivity index (χ0n) is 21.2. The maximum absolute atomic E-state index is 13.5. The van der Waals surface area contributed by atoms with E-state index in [4.69, 9.17) is 9.41 Å². The van der Waals surface area contributed by atoms with Gasteiger partial charge in [0.05, 0.1) is 18.4 Å². The Hall–Kier alpha value is -3.38. The number of hydrogen-bond acceptors (Lipinski definition) is 4. The van der Waals surface area contributed by atoms with Crippen molar-refractivity contribution >= 4 is 39.4 Å². The van der Waals surface area contributed by atoms with Crippen molar-refractivity contribution in [2.75, 3.05) is 0 Å². The molecule has 0 spiro atoms. The lowest BCUT2D eigenvalue weighted by molar-refractivity contribution is 0.0947. The van der Waals surface area contributed by atoms with Gasteiger partial charge in [-0.1, -0.05) is 45.0 Å². The van der Waals surface area contributed by atoms with Gasteiger partial charge in [0.15, 0.2) is 0 Å². The number of aromatic nitrogens is 1. The van der Waals surface area contributed by atoms with E-state index in [9.17, 15) is 4.79 Å². The molecule has 0 aliphatic heterocycles. The Morgan fingerprint density at radius 3 is 2.86 bits per heavy atom. The van der Waals surface area contributed by atoms with Gasteiger partial charge in [-0.05, 0) is 54.4 Å². The summed E-state index contributed by atoms with van der Waals surface area (Å²) in [6, 6.07) is 12.0. The molecule has 3 aromatic heterocycles. The molecular formula is C30H33N3O2S. The summed E-state index contributed by atoms with van der Waals surface area (Å²) in [6.07, 6.45) is 10.5. The molecule has 186 valence electrons. The maximum atomic E-state index is 13.5. The Labute approximate surface area is 216 Å². The summed E-state index contributed by atoms with van der Waals surface area (Å²) in [6.45, 7) is 11.9. The molecule has 4 aromatic rings. The van der Waals surface area contributed by atoms with Gasteiger partial charge in [-0.3, -0.25) is 4.79 Å². The molecule has 0 saturated heterocycles. The van der Waals surface area contributed by atoms with Gasteiger partial charge >= 0.3 is 0 Å². The van der Waals surface area contributed by atoms with Crippen LogP contribution < -0.4 is 5.32 Å². The van der Waals surface area contributed by atoms with E-state index < -0.39 is 0 Å². The minimum absolute atomic E-state index is 0.0839. The fraction of sp³-hybridized carbons (Fsp3) is 0.333. The highest BCUT2D eigenvalue weighted by Gasteiger charge is 2.33. The molecule has 5 rings (SSSR count). The molecule has 0 saturated carbocycles. The zero-order chi connectivity index (χ0) is 25.3. The minimum Gasteiger partial charge on any atom is -0.467 e. The first-order valence-electron chi connectivity index (χ1n) is 12.5. The lowest BCUT2D eigenvalue weighted by atomic mass is 9.72. The van der Waals surface area contributed by atoms with Crippen LogP contribution in [0.25, 0.3) is 10.9 Å². The van der Waals surface area contributed by atoms with Crippen LogP contribution in [-0.4, -0.2) is 16.7 Å². The van der Waals surface area contributed by atoms with Crippen molar-refractivity contribution in [2.24, 2.45) is 16.3 Å². The van der Waals surface area contributed by atoms with Gasteiger partial charge in [-0.15, -0.1) is 17.9 Å². The van der Waals surface area contributed by atoms with Crippen molar-refractivity contribution in [3.63, 3.8) is 0 Å². The van der Waals surface area contributed by atoms with Gasteiger partial charge in [0.2, 0.25) is 0 Å². The number of nitrogens with zero attached hydrogens (tertiary/aromatic N) is 2. The first-order valence-corrected chi connectivity index (χ1v) is 13.3. The van der Waals surface area contributed by atoms with Crippen molar-refractivity contribution in [3.8, 4) is 0 Å². The Kier molecular flexibility index (Phi) is 6.71. The standard InChI is InChI=1S/C30H33N3O2S/c1-5-14-33-19-20(23-10-6-7-11-25(23)33)17-32-29-27(28(34)31-18-22-9-8-15-35-22)24-13-12-21(30(2,3)4)16-26(24)36-29/h5-11,15,17,19,21H,1,12-14,16,18H2,2-4H3,(H,31,34)/t21-/m0/s1. The summed E-state index contributed by atoms with van der Waals surface area (Å²) >= 11 is 1.67. The monoisotopic (exact) mass is 499 g/mol. The second-order valence-corrected chi connectivity index (χ2v) is 11.6. The van der Waals surface area contributed by atoms with Crippen molar-refractivity contribution in [3.05, 3.63) is 88.8 Å². The third kappa shape index (κ3) is 4.82. The predicted octanol–water partition coefficient (Wildman–Crippen LogP) is 7.31. The Balaban J connectivity index is 1.51. The molecule has 3 heterocycles. The number of para-hydroxylation sites is 1. The van der Waals surface area contributed by atoms with E-state index in [1.807, 2.05) is 36.6 Å². The molecule has 0 bridgehead atoms. The maximum Gasteiger partial charge on any atom is 0.255 e. The molecule has 0 radical (unpaired) electrons. The number of allylic oxidation sites excluding steroid dienone is 1. The summed E-state index contributed by atoms with van der Waals surface area (Å²) < 4.78 is 7.59. The van der Waals surface area contributed by atoms with Gasteiger partial charge in [-0.2, -0.15) is 0 Å². The van der Waals surface area contributed by atoms with E-state index in [2.05, 4.69) is 55.6 Å². The largest absolute Gasteiger partial charge is 0.467 e. The molecule has 0 unspecified atom stereocenters. The highest BCUT2D eigenvalue weighted by molar-refractivity contribution is 7.16. The zero-order valence-corrected chi connectivity index (χ0v) is 22.0. The second kappa shape index (κ2) is 9.94. The third-order valence-electron chi connectivity index (χ3n) is 7.17. The molecule has 1 aromatic carbocycles. The minimum atomic E-state index is -0.0839. The molecule has 5 nitrogen and oxygen atoms in total. The Morgan fingerprint density at radius 2 is 2.11 bits per heavy atom. The fourth-order valence-corrected chi connectivity index (χ4v) is 6.37. The molecule has 1 aliphatic rings. The van der Waals surface area contributed by atoms with Crippen LogP contribution in [0, 0.1) is 11.3 Å². The SMILES string of the molecule is C=CCn1cc(C=Nc2sc3c(c2C(=O)NCc2ccco2)CC[C@H](C(C)(C)C)C3)c2ccccc21. The molecule has 0 fully saturated rings. The predicted molar refractivity (Wildman–Crippen MR) is 149 cm³/mol. The smallest absolute Gasteiger partial charge is 0.255 e. The number of carbonyl (C=O) groups excluding carboxylic acids is 1. The van der Waals surface area contributed by atoms with Gasteiger partial charge < -0.3 is 14.3 Å². The summed E-state index contributed by atoms with van der Waals surface area (Å²) in [5.74, 6) is 1.25. The molecular weight excluding hydrogens is 466 g/mol. The number of furan rings is 1. The number of rotatable bonds is 7. The van der Waals surface area contributed by atoms with Crippen LogP contribution in [0.2, 0.25) is 0 Å². The number of hydrogen-bond donors (Lipinski definition) is 1. The molecule has 1 atom stereocenters. The van der Waals surface area contributed by atoms with Crippen LogP contribution >= 0.6 is 11.3 Å². The molecule has 1 aliphatic carbocycles. The number of amides is 1. The van der Waals surface area contributed by atoms with E-state index in [1.165, 1.54) is 10.4 Å². The van der Waals surface area contributed by atoms with Crippen LogP contribution in [0.4, 0.5) is 5.00 Å². The summed E-state index contributed by atoms with van der Waals surface area (Å²) in [5, 5.41) is 4.98. The van der Waals surface area contributed by atoms with Gasteiger partial charge in [0.1, 0.15) is 10.8 Å². The lowest BCUT2D eigenvalue weighted by Crippen LogP contribution is -2.28. The number of benzene rings is 1. The Bertz CT molecular complexity index is 1420. The van der Waals surface area contributed by atoms with Crippen LogP contribution in [0.15, 0.2) is 70.9 Å². The first kappa shape index (κ1) is 24.3. The van der Waals surface area contributed by atoms with Crippen molar-refractivity contribution in [2.45, 2.75) is 53.1 Å². The van der Waals surface area contributed by atoms with Crippen molar-refractivity contribution < 1.29 is 9.21 Å². The quantitative estimate of drug-likeness (QED) is 0.214. The normalized spacial score (nSPS) is 15.9. The second-order valence-electron chi connectivity index (χ2n) is 10.6. The molecule has 1 N–H and O–H groups in total. The number of aliphatic imine (C=N–C) groups is 1. The van der Waals surface area contributed by atoms with Crippen LogP contribution in [0.1, 0.15) is 59.3 Å². The van der Waals surface area contributed by atoms with Gasteiger partial charge in [0.25, 0.3) is 5.91 Å². The summed E-state index contributed by atoms with van der Waals surface area (Å²) in [7, 11) is 0. The Morgan fingerprint density at radius 1 is 1.28 bits per heavy atom. The average molecular weight is 500 g/mol. The number of nitrogens with one attached hydrogen (secondary N) is 1. The fourth-order valence-electron chi connectivity index (χ4n) is 5.10. The van der Waals surface area contributed by atoms with Crippen LogP contribution in [0.3, 0.4) is 0 Å². The van der Waals surface area contributed by atoms with Crippen LogP contribution in [0.5, 0.6) is 0 Å². The van der Waals surface area contributed by atoms with Gasteiger partial charge in [-0.25, -0.2) is 4.99 Å². The van der Waals surface area contributed by atoms with E-state index in [0.29, 0.717) is 12.5 Å². The van der Waals surface area contributed by atoms with E-state index in [1.54, 1.807) is 17.6 Å². The number of carbonyl (C=O) groups is 1. The summed E-state index contributed by atoms with van der Waals surface area (Å²) in [4.78, 5) is 19.7. The van der Waals surface area contributed by atoms with E-state index >= 15 is 0 Å².